The quantitative estimate of drug-likeness (QED) is 0.315. The molecule has 8 nitrogen and oxygen atoms in total. The van der Waals surface area contributed by atoms with Crippen LogP contribution in [-0.2, 0) is 9.53 Å². The van der Waals surface area contributed by atoms with E-state index in [-0.39, 0.29) is 34.0 Å². The SMILES string of the molecule is COC(=O)c1cn(-c2ccc(F)cc2F)c2nc(N3CC4C5C(N=CC=O)C45C3)c(F)cc2c1=O. The minimum Gasteiger partial charge on any atom is -0.465 e. The summed E-state index contributed by atoms with van der Waals surface area (Å²) in [6, 6.07) is 3.81. The molecule has 178 valence electrons. The summed E-state index contributed by atoms with van der Waals surface area (Å²) in [5, 5.41) is -0.252. The fraction of sp³-hybridized carbons (Fsp3) is 0.292. The van der Waals surface area contributed by atoms with Crippen molar-refractivity contribution in [1.82, 2.24) is 9.55 Å². The largest absolute Gasteiger partial charge is 0.465 e. The zero-order valence-electron chi connectivity index (χ0n) is 18.2. The molecule has 0 radical (unpaired) electrons. The summed E-state index contributed by atoms with van der Waals surface area (Å²) in [5.41, 5.74) is -1.64. The number of hydrogen-bond donors (Lipinski definition) is 0. The van der Waals surface area contributed by atoms with Crippen LogP contribution in [0.15, 0.2) is 40.2 Å². The maximum atomic E-state index is 15.2. The minimum atomic E-state index is -0.988. The zero-order chi connectivity index (χ0) is 24.6. The van der Waals surface area contributed by atoms with Crippen LogP contribution >= 0.6 is 0 Å². The first-order valence-corrected chi connectivity index (χ1v) is 10.8. The highest BCUT2D eigenvalue weighted by Crippen LogP contribution is 2.83. The average molecular weight is 482 g/mol. The third kappa shape index (κ3) is 2.90. The molecule has 11 heteroatoms. The Kier molecular flexibility index (Phi) is 4.45. The fourth-order valence-electron chi connectivity index (χ4n) is 5.67. The lowest BCUT2D eigenvalue weighted by Crippen LogP contribution is -2.26. The normalized spacial score (nSPS) is 26.1. The van der Waals surface area contributed by atoms with Gasteiger partial charge in [0.2, 0.25) is 5.43 Å². The lowest BCUT2D eigenvalue weighted by molar-refractivity contribution is -0.102. The van der Waals surface area contributed by atoms with Crippen LogP contribution in [-0.4, -0.2) is 54.3 Å². The van der Waals surface area contributed by atoms with E-state index in [1.54, 1.807) is 4.90 Å². The molecule has 2 aromatic heterocycles. The summed E-state index contributed by atoms with van der Waals surface area (Å²) in [6.07, 6.45) is 2.91. The Morgan fingerprint density at radius 2 is 2.06 bits per heavy atom. The van der Waals surface area contributed by atoms with Gasteiger partial charge < -0.3 is 9.64 Å². The number of rotatable bonds is 5. The number of aromatic nitrogens is 2. The number of methoxy groups -OCH3 is 1. The van der Waals surface area contributed by atoms with Crippen molar-refractivity contribution in [2.75, 3.05) is 25.1 Å². The van der Waals surface area contributed by atoms with E-state index in [9.17, 15) is 23.2 Å². The van der Waals surface area contributed by atoms with Gasteiger partial charge in [0.15, 0.2) is 23.6 Å². The smallest absolute Gasteiger partial charge is 0.343 e. The fourth-order valence-corrected chi connectivity index (χ4v) is 5.67. The number of esters is 1. The van der Waals surface area contributed by atoms with Crippen LogP contribution < -0.4 is 10.3 Å². The number of hydrogen-bond acceptors (Lipinski definition) is 7. The minimum absolute atomic E-state index is 0.0238. The first-order chi connectivity index (χ1) is 16.8. The Hall–Kier alpha value is -4.02. The van der Waals surface area contributed by atoms with E-state index in [0.29, 0.717) is 37.3 Å². The lowest BCUT2D eigenvalue weighted by atomic mass is 10.1. The second-order valence-corrected chi connectivity index (χ2v) is 9.00. The molecular weight excluding hydrogens is 465 g/mol. The van der Waals surface area contributed by atoms with Crippen LogP contribution in [0, 0.1) is 34.7 Å². The number of halogens is 3. The summed E-state index contributed by atoms with van der Waals surface area (Å²) < 4.78 is 49.3. The first kappa shape index (κ1) is 21.5. The van der Waals surface area contributed by atoms with Crippen LogP contribution in [0.25, 0.3) is 16.7 Å². The van der Waals surface area contributed by atoms with Gasteiger partial charge in [-0.25, -0.2) is 22.9 Å². The number of piperidine rings is 1. The van der Waals surface area contributed by atoms with E-state index >= 15 is 4.39 Å². The molecule has 0 bridgehead atoms. The molecule has 1 saturated heterocycles. The highest BCUT2D eigenvalue weighted by atomic mass is 19.1. The van der Waals surface area contributed by atoms with E-state index in [1.165, 1.54) is 6.21 Å². The molecule has 0 N–H and O–H groups in total. The number of anilines is 1. The van der Waals surface area contributed by atoms with Gasteiger partial charge in [-0.15, -0.1) is 0 Å². The molecule has 0 amide bonds. The average Bonchev–Trinajstić information content (AvgIpc) is 3.63. The van der Waals surface area contributed by atoms with Crippen molar-refractivity contribution >= 4 is 35.3 Å². The molecule has 4 unspecified atom stereocenters. The van der Waals surface area contributed by atoms with Gasteiger partial charge in [0.05, 0.1) is 30.4 Å². The van der Waals surface area contributed by atoms with Gasteiger partial charge in [-0.1, -0.05) is 0 Å². The highest BCUT2D eigenvalue weighted by Gasteiger charge is 2.89. The number of fused-ring (bicyclic) bond motifs is 2. The van der Waals surface area contributed by atoms with Crippen molar-refractivity contribution in [1.29, 1.82) is 0 Å². The van der Waals surface area contributed by atoms with E-state index in [1.807, 2.05) is 0 Å². The maximum absolute atomic E-state index is 15.2. The maximum Gasteiger partial charge on any atom is 0.343 e. The second-order valence-electron chi connectivity index (χ2n) is 9.00. The highest BCUT2D eigenvalue weighted by molar-refractivity contribution is 6.13. The predicted octanol–water partition coefficient (Wildman–Crippen LogP) is 2.29. The van der Waals surface area contributed by atoms with Crippen molar-refractivity contribution in [2.45, 2.75) is 6.04 Å². The Bertz CT molecular complexity index is 1540. The number of benzene rings is 1. The van der Waals surface area contributed by atoms with E-state index in [0.717, 1.165) is 36.1 Å². The summed E-state index contributed by atoms with van der Waals surface area (Å²) >= 11 is 0. The molecule has 1 aromatic carbocycles. The van der Waals surface area contributed by atoms with Crippen LogP contribution in [0.4, 0.5) is 19.0 Å². The van der Waals surface area contributed by atoms with Gasteiger partial charge in [0, 0.05) is 30.8 Å². The molecule has 3 fully saturated rings. The number of pyridine rings is 2. The number of carbonyl (C=O) groups is 2. The lowest BCUT2D eigenvalue weighted by Gasteiger charge is -2.21. The number of carbonyl (C=O) groups excluding carboxylic acids is 2. The van der Waals surface area contributed by atoms with Crippen molar-refractivity contribution in [3.8, 4) is 5.69 Å². The number of ether oxygens (including phenoxy) is 1. The van der Waals surface area contributed by atoms with Gasteiger partial charge in [0.1, 0.15) is 17.2 Å². The molecule has 6 rings (SSSR count). The van der Waals surface area contributed by atoms with E-state index in [4.69, 9.17) is 0 Å². The standard InChI is InChI=1S/C24H17F3N4O4/c1-35-23(34)13-8-31(17-3-2-11(25)6-15(17)26)21-12(19(13)33)7-16(27)22(29-21)30-9-14-18-20(28-4-5-32)24(14,18)10-30/h2-8,14,18,20H,9-10H2,1H3. The summed E-state index contributed by atoms with van der Waals surface area (Å²) in [5.74, 6) is -2.88. The van der Waals surface area contributed by atoms with Crippen LogP contribution in [0.3, 0.4) is 0 Å². The van der Waals surface area contributed by atoms with Crippen molar-refractivity contribution < 1.29 is 27.5 Å². The number of aldehydes is 1. The summed E-state index contributed by atoms with van der Waals surface area (Å²) in [7, 11) is 1.08. The molecule has 2 saturated carbocycles. The number of aliphatic imine (C=N–C) groups is 1. The Balaban J connectivity index is 1.49. The molecule has 1 spiro atoms. The van der Waals surface area contributed by atoms with Crippen molar-refractivity contribution in [3.63, 3.8) is 0 Å². The number of nitrogens with zero attached hydrogens (tertiary/aromatic N) is 4. The van der Waals surface area contributed by atoms with E-state index < -0.39 is 34.4 Å². The molecule has 4 atom stereocenters. The van der Waals surface area contributed by atoms with Crippen LogP contribution in [0.1, 0.15) is 10.4 Å². The third-order valence-electron chi connectivity index (χ3n) is 7.39. The van der Waals surface area contributed by atoms with Crippen molar-refractivity contribution in [3.05, 3.63) is 63.7 Å². The van der Waals surface area contributed by atoms with Gasteiger partial charge >= 0.3 is 5.97 Å². The first-order valence-electron chi connectivity index (χ1n) is 10.8. The van der Waals surface area contributed by atoms with Crippen molar-refractivity contribution in [2.24, 2.45) is 22.2 Å². The molecule has 3 aliphatic rings. The van der Waals surface area contributed by atoms with Gasteiger partial charge in [-0.3, -0.25) is 19.1 Å². The Morgan fingerprint density at radius 3 is 2.77 bits per heavy atom. The van der Waals surface area contributed by atoms with Crippen LogP contribution in [0.5, 0.6) is 0 Å². The van der Waals surface area contributed by atoms with Gasteiger partial charge in [-0.2, -0.15) is 0 Å². The van der Waals surface area contributed by atoms with Gasteiger partial charge in [-0.05, 0) is 30.0 Å². The monoisotopic (exact) mass is 482 g/mol. The predicted molar refractivity (Wildman–Crippen MR) is 119 cm³/mol. The molecule has 3 heterocycles. The molecular formula is C24H17F3N4O4. The summed E-state index contributed by atoms with van der Waals surface area (Å²) in [6.45, 7) is 1.01. The Labute approximate surface area is 195 Å². The molecule has 1 aliphatic heterocycles. The molecule has 2 aliphatic carbocycles. The van der Waals surface area contributed by atoms with Crippen LogP contribution in [0.2, 0.25) is 0 Å². The third-order valence-corrected chi connectivity index (χ3v) is 7.39. The topological polar surface area (TPSA) is 93.9 Å². The summed E-state index contributed by atoms with van der Waals surface area (Å²) in [4.78, 5) is 46.1. The van der Waals surface area contributed by atoms with E-state index in [2.05, 4.69) is 14.7 Å². The Morgan fingerprint density at radius 1 is 1.26 bits per heavy atom. The second kappa shape index (κ2) is 7.24. The molecule has 35 heavy (non-hydrogen) atoms. The van der Waals surface area contributed by atoms with Gasteiger partial charge in [0.25, 0.3) is 0 Å². The zero-order valence-corrected chi connectivity index (χ0v) is 18.2. The molecule has 3 aromatic rings.